The molecular weight excluding hydrogens is 522 g/mol. The Balaban J connectivity index is 1.34. The Morgan fingerprint density at radius 3 is 1.55 bits per heavy atom. The zero-order chi connectivity index (χ0) is 26.7. The molecule has 194 valence electrons. The maximum Gasteiger partial charge on any atom is 0.131 e. The minimum absolute atomic E-state index is 0.00794. The molecule has 2 unspecified atom stereocenters. The molecule has 5 aromatic rings. The summed E-state index contributed by atoms with van der Waals surface area (Å²) in [6, 6.07) is 50.6. The van der Waals surface area contributed by atoms with E-state index in [2.05, 4.69) is 158 Å². The third kappa shape index (κ3) is 4.86. The predicted octanol–water partition coefficient (Wildman–Crippen LogP) is 6.95. The maximum absolute atomic E-state index is 7.24. The van der Waals surface area contributed by atoms with Gasteiger partial charge in [0.1, 0.15) is 11.9 Å². The molecule has 0 aromatic heterocycles. The number of rotatable bonds is 6. The van der Waals surface area contributed by atoms with Crippen LogP contribution in [0.2, 0.25) is 0 Å². The van der Waals surface area contributed by atoms with Crippen molar-refractivity contribution in [1.82, 2.24) is 0 Å². The summed E-state index contributed by atoms with van der Waals surface area (Å²) in [5, 5.41) is 8.12. The third-order valence-electron chi connectivity index (χ3n) is 7.64. The van der Waals surface area contributed by atoms with Gasteiger partial charge < -0.3 is 4.74 Å². The summed E-state index contributed by atoms with van der Waals surface area (Å²) in [6.45, 7) is 0. The second-order valence-electron chi connectivity index (χ2n) is 10.2. The zero-order valence-electron chi connectivity index (χ0n) is 22.2. The van der Waals surface area contributed by atoms with Crippen molar-refractivity contribution in [3.63, 3.8) is 0 Å². The lowest BCUT2D eigenvalue weighted by Gasteiger charge is -2.39. The van der Waals surface area contributed by atoms with Gasteiger partial charge in [-0.2, -0.15) is 0 Å². The number of ether oxygens (including phenoxy) is 1. The lowest BCUT2D eigenvalue weighted by molar-refractivity contribution is 0.176. The first-order valence-electron chi connectivity index (χ1n) is 13.8. The molecule has 2 atom stereocenters. The molecule has 0 N–H and O–H groups in total. The van der Waals surface area contributed by atoms with Crippen molar-refractivity contribution in [2.45, 2.75) is 12.5 Å². The summed E-state index contributed by atoms with van der Waals surface area (Å²) >= 11 is 0. The van der Waals surface area contributed by atoms with Gasteiger partial charge in [0.25, 0.3) is 0 Å². The molecular formula is C37H30OP2. The van der Waals surface area contributed by atoms with Gasteiger partial charge >= 0.3 is 0 Å². The van der Waals surface area contributed by atoms with Crippen molar-refractivity contribution in [3.8, 4) is 5.75 Å². The van der Waals surface area contributed by atoms with Crippen LogP contribution >= 0.6 is 15.8 Å². The third-order valence-corrected chi connectivity index (χ3v) is 12.7. The average molecular weight is 553 g/mol. The number of allylic oxidation sites excluding steroid dienone is 2. The van der Waals surface area contributed by atoms with Crippen LogP contribution in [0.15, 0.2) is 163 Å². The molecule has 0 fully saturated rings. The molecule has 0 bridgehead atoms. The molecule has 2 aliphatic rings. The summed E-state index contributed by atoms with van der Waals surface area (Å²) < 4.78 is 7.24. The van der Waals surface area contributed by atoms with Gasteiger partial charge in [0.05, 0.1) is 0 Å². The van der Waals surface area contributed by atoms with Crippen LogP contribution < -0.4 is 31.3 Å². The highest BCUT2D eigenvalue weighted by atomic mass is 31.1. The molecule has 1 aliphatic carbocycles. The molecule has 3 heteroatoms. The highest BCUT2D eigenvalue weighted by Gasteiger charge is 2.38. The molecule has 7 rings (SSSR count). The molecule has 0 radical (unpaired) electrons. The Morgan fingerprint density at radius 2 is 1.02 bits per heavy atom. The van der Waals surface area contributed by atoms with E-state index in [0.717, 1.165) is 12.2 Å². The van der Waals surface area contributed by atoms with Crippen LogP contribution in [0.4, 0.5) is 0 Å². The molecule has 0 saturated carbocycles. The zero-order valence-corrected chi connectivity index (χ0v) is 24.0. The first kappa shape index (κ1) is 25.2. The van der Waals surface area contributed by atoms with Gasteiger partial charge in [-0.15, -0.1) is 0 Å². The van der Waals surface area contributed by atoms with Gasteiger partial charge in [0, 0.05) is 16.5 Å². The fraction of sp³-hybridized carbons (Fsp3) is 0.0811. The van der Waals surface area contributed by atoms with E-state index in [9.17, 15) is 0 Å². The summed E-state index contributed by atoms with van der Waals surface area (Å²) in [4.78, 5) is 0. The van der Waals surface area contributed by atoms with E-state index in [1.807, 2.05) is 0 Å². The number of hydrogen-bond donors (Lipinski definition) is 0. The van der Waals surface area contributed by atoms with Crippen LogP contribution in [0, 0.1) is 5.92 Å². The monoisotopic (exact) mass is 552 g/mol. The molecule has 1 nitrogen and oxygen atoms in total. The standard InChI is InChI=1S/C37H30OP2/c1-5-17-30(18-6-1)39(31-19-7-2-8-20-31)34-25-13-15-28-27-29-16-14-26-35(37(29)38-36(28)34)40(32-21-9-3-10-22-32)33-23-11-4-12-24-33/h1-26,28,36H,27H2. The molecule has 1 heterocycles. The Bertz CT molecular complexity index is 1570. The average Bonchev–Trinajstić information content (AvgIpc) is 3.03. The summed E-state index contributed by atoms with van der Waals surface area (Å²) in [7, 11) is -1.48. The topological polar surface area (TPSA) is 9.23 Å². The van der Waals surface area contributed by atoms with Crippen LogP contribution in [-0.2, 0) is 6.42 Å². The van der Waals surface area contributed by atoms with Crippen molar-refractivity contribution < 1.29 is 4.74 Å². The molecule has 5 aromatic carbocycles. The van der Waals surface area contributed by atoms with Crippen molar-refractivity contribution >= 4 is 42.4 Å². The van der Waals surface area contributed by atoms with Crippen molar-refractivity contribution in [1.29, 1.82) is 0 Å². The SMILES string of the molecule is C1=CC2Cc3cccc(P(c4ccccc4)c4ccccc4)c3OC2C(P(c2ccccc2)c2ccccc2)=C1. The van der Waals surface area contributed by atoms with E-state index in [0.29, 0.717) is 5.92 Å². The van der Waals surface area contributed by atoms with Crippen LogP contribution in [0.25, 0.3) is 0 Å². The Hall–Kier alpha value is -3.76. The summed E-state index contributed by atoms with van der Waals surface area (Å²) in [6.07, 6.45) is 7.94. The van der Waals surface area contributed by atoms with Gasteiger partial charge in [-0.25, -0.2) is 0 Å². The normalized spacial score (nSPS) is 17.6. The van der Waals surface area contributed by atoms with E-state index in [4.69, 9.17) is 4.74 Å². The smallest absolute Gasteiger partial charge is 0.131 e. The number of para-hydroxylation sites is 1. The fourth-order valence-electron chi connectivity index (χ4n) is 5.84. The first-order valence-corrected chi connectivity index (χ1v) is 16.5. The predicted molar refractivity (Wildman–Crippen MR) is 173 cm³/mol. The van der Waals surface area contributed by atoms with Crippen LogP contribution in [0.5, 0.6) is 5.75 Å². The van der Waals surface area contributed by atoms with E-state index < -0.39 is 15.8 Å². The van der Waals surface area contributed by atoms with Gasteiger partial charge in [0.2, 0.25) is 0 Å². The Kier molecular flexibility index (Phi) is 7.18. The van der Waals surface area contributed by atoms with Crippen molar-refractivity contribution in [2.75, 3.05) is 0 Å². The van der Waals surface area contributed by atoms with Crippen LogP contribution in [-0.4, -0.2) is 6.10 Å². The number of hydrogen-bond acceptors (Lipinski definition) is 1. The quantitative estimate of drug-likeness (QED) is 0.207. The minimum atomic E-state index is -0.760. The lowest BCUT2D eigenvalue weighted by atomic mass is 9.88. The molecule has 0 amide bonds. The largest absolute Gasteiger partial charge is 0.484 e. The minimum Gasteiger partial charge on any atom is -0.484 e. The Morgan fingerprint density at radius 1 is 0.525 bits per heavy atom. The first-order chi connectivity index (χ1) is 19.9. The highest BCUT2D eigenvalue weighted by Crippen LogP contribution is 2.51. The second kappa shape index (κ2) is 11.4. The van der Waals surface area contributed by atoms with Crippen molar-refractivity contribution in [2.24, 2.45) is 5.92 Å². The Labute approximate surface area is 239 Å². The highest BCUT2D eigenvalue weighted by molar-refractivity contribution is 7.80. The molecule has 40 heavy (non-hydrogen) atoms. The molecule has 1 aliphatic heterocycles. The van der Waals surface area contributed by atoms with Crippen molar-refractivity contribution in [3.05, 3.63) is 169 Å². The van der Waals surface area contributed by atoms with Crippen LogP contribution in [0.3, 0.4) is 0 Å². The maximum atomic E-state index is 7.24. The lowest BCUT2D eigenvalue weighted by Crippen LogP contribution is -2.38. The number of fused-ring (bicyclic) bond motifs is 2. The van der Waals surface area contributed by atoms with E-state index in [1.165, 1.54) is 37.4 Å². The summed E-state index contributed by atoms with van der Waals surface area (Å²) in [5.74, 6) is 1.40. The van der Waals surface area contributed by atoms with E-state index >= 15 is 0 Å². The second-order valence-corrected chi connectivity index (χ2v) is 14.6. The summed E-state index contributed by atoms with van der Waals surface area (Å²) in [5.41, 5.74) is 1.31. The molecule has 0 spiro atoms. The van der Waals surface area contributed by atoms with Gasteiger partial charge in [-0.1, -0.05) is 158 Å². The van der Waals surface area contributed by atoms with Gasteiger partial charge in [-0.3, -0.25) is 0 Å². The van der Waals surface area contributed by atoms with E-state index in [-0.39, 0.29) is 6.10 Å². The fourth-order valence-corrected chi connectivity index (χ4v) is 10.8. The number of benzene rings is 5. The molecule has 0 saturated heterocycles. The van der Waals surface area contributed by atoms with E-state index in [1.54, 1.807) is 0 Å². The van der Waals surface area contributed by atoms with Gasteiger partial charge in [-0.05, 0) is 49.0 Å². The van der Waals surface area contributed by atoms with Gasteiger partial charge in [0.15, 0.2) is 0 Å². The van der Waals surface area contributed by atoms with Crippen LogP contribution in [0.1, 0.15) is 5.56 Å².